The van der Waals surface area contributed by atoms with E-state index in [1.807, 2.05) is 18.2 Å². The molecule has 1 saturated carbocycles. The van der Waals surface area contributed by atoms with Crippen molar-refractivity contribution in [2.24, 2.45) is 22.7 Å². The topological polar surface area (TPSA) is 69.6 Å². The maximum absolute atomic E-state index is 12.6. The van der Waals surface area contributed by atoms with Gasteiger partial charge in [-0.05, 0) is 54.5 Å². The van der Waals surface area contributed by atoms with Gasteiger partial charge >= 0.3 is 5.97 Å². The summed E-state index contributed by atoms with van der Waals surface area (Å²) in [5, 5.41) is 12.2. The van der Waals surface area contributed by atoms with Gasteiger partial charge in [-0.3, -0.25) is 14.5 Å². The molecule has 26 heavy (non-hydrogen) atoms. The summed E-state index contributed by atoms with van der Waals surface area (Å²) in [5.41, 5.74) is 2.05. The van der Waals surface area contributed by atoms with Gasteiger partial charge in [0.15, 0.2) is 0 Å². The molecule has 3 rings (SSSR count). The van der Waals surface area contributed by atoms with E-state index in [1.54, 1.807) is 0 Å². The molecule has 5 nitrogen and oxygen atoms in total. The molecule has 2 fully saturated rings. The molecule has 5 heteroatoms. The molecule has 2 N–H and O–H groups in total. The fourth-order valence-corrected chi connectivity index (χ4v) is 4.41. The number of carbonyl (C=O) groups is 2. The van der Waals surface area contributed by atoms with Gasteiger partial charge in [-0.15, -0.1) is 0 Å². The summed E-state index contributed by atoms with van der Waals surface area (Å²) in [6, 6.07) is 7.99. The Morgan fingerprint density at radius 2 is 1.77 bits per heavy atom. The highest BCUT2D eigenvalue weighted by atomic mass is 16.4. The van der Waals surface area contributed by atoms with E-state index < -0.39 is 5.97 Å². The normalized spacial score (nSPS) is 22.8. The Morgan fingerprint density at radius 3 is 2.31 bits per heavy atom. The number of nitrogens with one attached hydrogen (secondary N) is 1. The van der Waals surface area contributed by atoms with E-state index in [9.17, 15) is 9.59 Å². The van der Waals surface area contributed by atoms with Crippen LogP contribution in [0.3, 0.4) is 0 Å². The van der Waals surface area contributed by atoms with Crippen molar-refractivity contribution in [2.45, 2.75) is 47.1 Å². The van der Waals surface area contributed by atoms with Crippen LogP contribution in [-0.2, 0) is 16.1 Å². The first-order valence-corrected chi connectivity index (χ1v) is 9.48. The van der Waals surface area contributed by atoms with Crippen LogP contribution in [-0.4, -0.2) is 35.0 Å². The predicted octanol–water partition coefficient (Wildman–Crippen LogP) is 3.60. The number of benzene rings is 1. The Morgan fingerprint density at radius 1 is 1.15 bits per heavy atom. The van der Waals surface area contributed by atoms with Crippen LogP contribution in [0.5, 0.6) is 0 Å². The lowest BCUT2D eigenvalue weighted by atomic mass is 9.97. The van der Waals surface area contributed by atoms with Crippen molar-refractivity contribution in [1.29, 1.82) is 0 Å². The second-order valence-electron chi connectivity index (χ2n) is 8.95. The molecule has 0 spiro atoms. The minimum atomic E-state index is -0.680. The molecule has 0 aromatic heterocycles. The van der Waals surface area contributed by atoms with Gasteiger partial charge in [-0.1, -0.05) is 39.8 Å². The van der Waals surface area contributed by atoms with Crippen molar-refractivity contribution in [3.05, 3.63) is 29.8 Å². The maximum atomic E-state index is 12.6. The van der Waals surface area contributed by atoms with E-state index in [4.69, 9.17) is 5.11 Å². The average Bonchev–Trinajstić information content (AvgIpc) is 2.97. The largest absolute Gasteiger partial charge is 0.481 e. The van der Waals surface area contributed by atoms with Crippen LogP contribution in [0.25, 0.3) is 0 Å². The van der Waals surface area contributed by atoms with Crippen LogP contribution < -0.4 is 5.32 Å². The third-order valence-electron chi connectivity index (χ3n) is 6.82. The highest BCUT2D eigenvalue weighted by Crippen LogP contribution is 2.68. The highest BCUT2D eigenvalue weighted by Gasteiger charge is 2.68. The molecule has 1 heterocycles. The first kappa shape index (κ1) is 18.9. The van der Waals surface area contributed by atoms with E-state index in [-0.39, 0.29) is 28.6 Å². The lowest BCUT2D eigenvalue weighted by Crippen LogP contribution is -2.35. The van der Waals surface area contributed by atoms with Crippen LogP contribution in [0.15, 0.2) is 24.3 Å². The van der Waals surface area contributed by atoms with Gasteiger partial charge in [0.2, 0.25) is 5.91 Å². The number of likely N-dealkylation sites (tertiary alicyclic amines) is 1. The Bertz CT molecular complexity index is 689. The zero-order chi connectivity index (χ0) is 19.1. The van der Waals surface area contributed by atoms with Gasteiger partial charge in [0.25, 0.3) is 0 Å². The summed E-state index contributed by atoms with van der Waals surface area (Å²) in [6.45, 7) is 11.0. The molecule has 0 radical (unpaired) electrons. The van der Waals surface area contributed by atoms with Crippen molar-refractivity contribution in [3.63, 3.8) is 0 Å². The molecule has 0 bridgehead atoms. The van der Waals surface area contributed by atoms with E-state index >= 15 is 0 Å². The number of rotatable bonds is 5. The molecule has 1 aromatic rings. The zero-order valence-corrected chi connectivity index (χ0v) is 16.2. The smallest absolute Gasteiger partial charge is 0.306 e. The van der Waals surface area contributed by atoms with Crippen molar-refractivity contribution < 1.29 is 14.7 Å². The number of carboxylic acid groups (broad SMARTS) is 1. The minimum Gasteiger partial charge on any atom is -0.481 e. The lowest BCUT2D eigenvalue weighted by Gasteiger charge is -2.30. The molecule has 1 aliphatic carbocycles. The predicted molar refractivity (Wildman–Crippen MR) is 102 cm³/mol. The van der Waals surface area contributed by atoms with Crippen LogP contribution in [0.2, 0.25) is 0 Å². The third kappa shape index (κ3) is 3.50. The monoisotopic (exact) mass is 358 g/mol. The quantitative estimate of drug-likeness (QED) is 0.844. The highest BCUT2D eigenvalue weighted by molar-refractivity contribution is 5.96. The van der Waals surface area contributed by atoms with Crippen LogP contribution in [0.4, 0.5) is 5.69 Å². The van der Waals surface area contributed by atoms with E-state index in [0.29, 0.717) is 12.8 Å². The summed E-state index contributed by atoms with van der Waals surface area (Å²) in [4.78, 5) is 26.0. The number of carboxylic acids is 1. The van der Waals surface area contributed by atoms with E-state index in [0.717, 1.165) is 30.9 Å². The summed E-state index contributed by atoms with van der Waals surface area (Å²) in [6.07, 6.45) is 1.41. The van der Waals surface area contributed by atoms with Crippen LogP contribution in [0.1, 0.15) is 46.1 Å². The molecule has 1 saturated heterocycles. The molecule has 1 aliphatic heterocycles. The van der Waals surface area contributed by atoms with Gasteiger partial charge in [0, 0.05) is 18.2 Å². The Kier molecular flexibility index (Phi) is 4.86. The summed E-state index contributed by atoms with van der Waals surface area (Å²) in [5.74, 6) is -0.754. The minimum absolute atomic E-state index is 0.0309. The second-order valence-corrected chi connectivity index (χ2v) is 8.95. The number of piperidine rings is 1. The van der Waals surface area contributed by atoms with Crippen LogP contribution >= 0.6 is 0 Å². The van der Waals surface area contributed by atoms with Crippen molar-refractivity contribution in [2.75, 3.05) is 18.4 Å². The molecule has 1 aromatic carbocycles. The van der Waals surface area contributed by atoms with E-state index in [1.165, 1.54) is 0 Å². The fourth-order valence-electron chi connectivity index (χ4n) is 4.41. The van der Waals surface area contributed by atoms with Gasteiger partial charge in [0.1, 0.15) is 0 Å². The summed E-state index contributed by atoms with van der Waals surface area (Å²) < 4.78 is 0. The molecule has 0 atom stereocenters. The lowest BCUT2D eigenvalue weighted by molar-refractivity contribution is -0.143. The molecular formula is C21H30N2O3. The van der Waals surface area contributed by atoms with Gasteiger partial charge in [-0.2, -0.15) is 0 Å². The van der Waals surface area contributed by atoms with Gasteiger partial charge in [-0.25, -0.2) is 0 Å². The number of nitrogens with zero attached hydrogens (tertiary/aromatic N) is 1. The average molecular weight is 358 g/mol. The van der Waals surface area contributed by atoms with Crippen molar-refractivity contribution in [3.8, 4) is 0 Å². The van der Waals surface area contributed by atoms with Gasteiger partial charge in [0.05, 0.1) is 5.92 Å². The van der Waals surface area contributed by atoms with Gasteiger partial charge < -0.3 is 10.4 Å². The Labute approximate surface area is 155 Å². The second kappa shape index (κ2) is 6.69. The van der Waals surface area contributed by atoms with Crippen molar-refractivity contribution in [1.82, 2.24) is 4.90 Å². The number of aliphatic carboxylic acids is 1. The fraction of sp³-hybridized carbons (Fsp3) is 0.619. The van der Waals surface area contributed by atoms with E-state index in [2.05, 4.69) is 44.0 Å². The molecular weight excluding hydrogens is 328 g/mol. The summed E-state index contributed by atoms with van der Waals surface area (Å²) >= 11 is 0. The molecule has 2 aliphatic rings. The summed E-state index contributed by atoms with van der Waals surface area (Å²) in [7, 11) is 0. The molecule has 0 unspecified atom stereocenters. The number of carbonyl (C=O) groups excluding carboxylic acids is 1. The van der Waals surface area contributed by atoms with Crippen molar-refractivity contribution >= 4 is 17.6 Å². The molecule has 1 amide bonds. The standard InChI is InChI=1S/C21H30N2O3/c1-20(2)17(21(20,3)4)18(24)22-16-7-5-6-14(12-16)13-23-10-8-15(9-11-23)19(25)26/h5-7,12,15,17H,8-11,13H2,1-4H3,(H,22,24)(H,25,26). The number of hydrogen-bond acceptors (Lipinski definition) is 3. The Balaban J connectivity index is 1.58. The number of hydrogen-bond donors (Lipinski definition) is 2. The first-order valence-electron chi connectivity index (χ1n) is 9.48. The van der Waals surface area contributed by atoms with Crippen LogP contribution in [0, 0.1) is 22.7 Å². The first-order chi connectivity index (χ1) is 12.1. The zero-order valence-electron chi connectivity index (χ0n) is 16.2. The number of anilines is 1. The molecule has 142 valence electrons. The third-order valence-corrected chi connectivity index (χ3v) is 6.82. The maximum Gasteiger partial charge on any atom is 0.306 e. The Hall–Kier alpha value is -1.88. The SMILES string of the molecule is CC1(C)C(C(=O)Nc2cccc(CN3CCC(C(=O)O)CC3)c2)C1(C)C. The number of amides is 1.